The van der Waals surface area contributed by atoms with E-state index in [2.05, 4.69) is 35.2 Å². The normalized spacial score (nSPS) is 16.4. The minimum absolute atomic E-state index is 0.215. The number of benzene rings is 2. The van der Waals surface area contributed by atoms with Gasteiger partial charge in [0.1, 0.15) is 5.65 Å². The number of rotatable bonds is 6. The van der Waals surface area contributed by atoms with Gasteiger partial charge in [-0.25, -0.2) is 9.37 Å². The molecule has 1 saturated heterocycles. The summed E-state index contributed by atoms with van der Waals surface area (Å²) in [5.41, 5.74) is 11.6. The SMILES string of the molecule is Cc1nc2c(cc(-c3ccnc(-c4ccc5c(c4)CCN(C4COC4)C5)c3)n2C)c(-c2cc(F)c3c(c2C)CCCO3)c1CC(=O)O. The highest BCUT2D eigenvalue weighted by molar-refractivity contribution is 6.01. The van der Waals surface area contributed by atoms with Gasteiger partial charge >= 0.3 is 5.97 Å². The zero-order valence-electron chi connectivity index (χ0n) is 26.9. The van der Waals surface area contributed by atoms with Gasteiger partial charge in [0, 0.05) is 54.1 Å². The Morgan fingerprint density at radius 1 is 1.06 bits per heavy atom. The first-order valence-corrected chi connectivity index (χ1v) is 16.3. The molecule has 2 aromatic carbocycles. The Hall–Kier alpha value is -4.60. The quantitative estimate of drug-likeness (QED) is 0.231. The maximum Gasteiger partial charge on any atom is 0.307 e. The van der Waals surface area contributed by atoms with Gasteiger partial charge in [-0.15, -0.1) is 0 Å². The average molecular weight is 633 g/mol. The van der Waals surface area contributed by atoms with Crippen molar-refractivity contribution in [3.8, 4) is 39.4 Å². The number of fused-ring (bicyclic) bond motifs is 3. The summed E-state index contributed by atoms with van der Waals surface area (Å²) >= 11 is 0. The predicted molar refractivity (Wildman–Crippen MR) is 178 cm³/mol. The van der Waals surface area contributed by atoms with Crippen LogP contribution in [0.25, 0.3) is 44.7 Å². The zero-order chi connectivity index (χ0) is 32.4. The molecule has 0 amide bonds. The molecule has 240 valence electrons. The Balaban J connectivity index is 1.23. The van der Waals surface area contributed by atoms with Crippen LogP contribution >= 0.6 is 0 Å². The van der Waals surface area contributed by atoms with Gasteiger partial charge in [-0.05, 0) is 96.8 Å². The number of carboxylic acids is 1. The van der Waals surface area contributed by atoms with Crippen molar-refractivity contribution in [1.29, 1.82) is 0 Å². The molecule has 47 heavy (non-hydrogen) atoms. The lowest BCUT2D eigenvalue weighted by atomic mass is 9.87. The number of hydrogen-bond acceptors (Lipinski definition) is 6. The Morgan fingerprint density at radius 3 is 2.70 bits per heavy atom. The lowest BCUT2D eigenvalue weighted by Crippen LogP contribution is -2.50. The van der Waals surface area contributed by atoms with E-state index >= 15 is 4.39 Å². The fourth-order valence-electron chi connectivity index (χ4n) is 7.58. The Labute approximate surface area is 272 Å². The number of aryl methyl sites for hydroxylation is 2. The summed E-state index contributed by atoms with van der Waals surface area (Å²) in [5.74, 6) is -1.07. The van der Waals surface area contributed by atoms with Crippen LogP contribution < -0.4 is 4.74 Å². The molecule has 0 radical (unpaired) electrons. The fraction of sp³-hybridized carbons (Fsp3) is 0.342. The second-order valence-corrected chi connectivity index (χ2v) is 13.1. The van der Waals surface area contributed by atoms with Crippen LogP contribution in [0, 0.1) is 19.7 Å². The third-order valence-corrected chi connectivity index (χ3v) is 10.3. The number of hydrogen-bond donors (Lipinski definition) is 1. The maximum absolute atomic E-state index is 15.5. The number of carbonyl (C=O) groups is 1. The van der Waals surface area contributed by atoms with E-state index in [4.69, 9.17) is 19.4 Å². The van der Waals surface area contributed by atoms with Crippen molar-refractivity contribution in [3.63, 3.8) is 0 Å². The molecule has 8 rings (SSSR count). The largest absolute Gasteiger partial charge is 0.490 e. The van der Waals surface area contributed by atoms with Gasteiger partial charge in [0.15, 0.2) is 11.6 Å². The molecular weight excluding hydrogens is 595 g/mol. The van der Waals surface area contributed by atoms with E-state index in [1.807, 2.05) is 37.7 Å². The Morgan fingerprint density at radius 2 is 1.91 bits per heavy atom. The second-order valence-electron chi connectivity index (χ2n) is 13.1. The molecule has 8 nitrogen and oxygen atoms in total. The van der Waals surface area contributed by atoms with Gasteiger partial charge in [-0.2, -0.15) is 0 Å². The van der Waals surface area contributed by atoms with Crippen molar-refractivity contribution in [2.75, 3.05) is 26.4 Å². The molecule has 0 unspecified atom stereocenters. The minimum Gasteiger partial charge on any atom is -0.490 e. The first-order chi connectivity index (χ1) is 22.8. The van der Waals surface area contributed by atoms with Gasteiger partial charge in [0.2, 0.25) is 0 Å². The molecule has 1 N–H and O–H groups in total. The van der Waals surface area contributed by atoms with Crippen molar-refractivity contribution >= 4 is 17.0 Å². The van der Waals surface area contributed by atoms with Crippen LogP contribution in [0.3, 0.4) is 0 Å². The maximum atomic E-state index is 15.5. The summed E-state index contributed by atoms with van der Waals surface area (Å²) < 4.78 is 28.7. The van der Waals surface area contributed by atoms with Crippen LogP contribution in [-0.2, 0) is 42.4 Å². The molecule has 3 aliphatic heterocycles. The number of aromatic nitrogens is 3. The van der Waals surface area contributed by atoms with E-state index in [-0.39, 0.29) is 6.42 Å². The van der Waals surface area contributed by atoms with Crippen LogP contribution in [0.15, 0.2) is 48.7 Å². The molecular formula is C38H37FN4O4. The monoisotopic (exact) mass is 632 g/mol. The topological polar surface area (TPSA) is 89.7 Å². The first-order valence-electron chi connectivity index (χ1n) is 16.3. The molecule has 9 heteroatoms. The highest BCUT2D eigenvalue weighted by Gasteiger charge is 2.29. The van der Waals surface area contributed by atoms with E-state index in [1.54, 1.807) is 0 Å². The molecule has 3 aromatic heterocycles. The lowest BCUT2D eigenvalue weighted by Gasteiger charge is -2.40. The standard InChI is InChI=1S/C38H37FN4O4/c1-21-28-5-4-12-47-37(28)32(39)15-29(21)36-30(17-35(44)45)22(2)41-38-31(36)16-34(42(38)3)25-8-10-40-33(14-25)24-6-7-26-18-43(27-19-46-20-27)11-9-23(26)13-24/h6-8,10,13-16,27H,4-5,9,11-12,17-20H2,1-3H3,(H,44,45). The highest BCUT2D eigenvalue weighted by Crippen LogP contribution is 2.43. The molecule has 5 aromatic rings. The number of halogens is 1. The number of ether oxygens (including phenoxy) is 2. The van der Waals surface area contributed by atoms with Crippen molar-refractivity contribution < 1.29 is 23.8 Å². The molecule has 3 aliphatic rings. The first kappa shape index (κ1) is 29.8. The van der Waals surface area contributed by atoms with E-state index in [0.717, 1.165) is 78.2 Å². The zero-order valence-corrected chi connectivity index (χ0v) is 26.9. The van der Waals surface area contributed by atoms with Crippen LogP contribution in [0.2, 0.25) is 0 Å². The van der Waals surface area contributed by atoms with Crippen LogP contribution in [0.5, 0.6) is 5.75 Å². The molecule has 0 aliphatic carbocycles. The fourth-order valence-corrected chi connectivity index (χ4v) is 7.58. The third kappa shape index (κ3) is 5.09. The van der Waals surface area contributed by atoms with Gasteiger partial charge in [0.25, 0.3) is 0 Å². The lowest BCUT2D eigenvalue weighted by molar-refractivity contribution is -0.136. The van der Waals surface area contributed by atoms with Crippen molar-refractivity contribution in [1.82, 2.24) is 19.4 Å². The van der Waals surface area contributed by atoms with Crippen molar-refractivity contribution in [3.05, 3.63) is 88.0 Å². The number of carboxylic acid groups (broad SMARTS) is 1. The van der Waals surface area contributed by atoms with E-state index in [9.17, 15) is 9.90 Å². The highest BCUT2D eigenvalue weighted by atomic mass is 19.1. The van der Waals surface area contributed by atoms with Crippen molar-refractivity contribution in [2.45, 2.75) is 52.1 Å². The van der Waals surface area contributed by atoms with Gasteiger partial charge in [-0.1, -0.05) is 12.1 Å². The molecule has 0 bridgehead atoms. The molecule has 0 atom stereocenters. The summed E-state index contributed by atoms with van der Waals surface area (Å²) in [6.45, 7) is 7.94. The van der Waals surface area contributed by atoms with Crippen LogP contribution in [0.4, 0.5) is 4.39 Å². The number of pyridine rings is 2. The van der Waals surface area contributed by atoms with Gasteiger partial charge in [0.05, 0.1) is 43.7 Å². The van der Waals surface area contributed by atoms with E-state index in [0.29, 0.717) is 52.9 Å². The van der Waals surface area contributed by atoms with E-state index in [1.165, 1.54) is 17.2 Å². The van der Waals surface area contributed by atoms with Crippen molar-refractivity contribution in [2.24, 2.45) is 7.05 Å². The summed E-state index contributed by atoms with van der Waals surface area (Å²) in [4.78, 5) is 24.3. The predicted octanol–water partition coefficient (Wildman–Crippen LogP) is 6.43. The van der Waals surface area contributed by atoms with E-state index < -0.39 is 11.8 Å². The third-order valence-electron chi connectivity index (χ3n) is 10.3. The Bertz CT molecular complexity index is 2080. The molecule has 0 spiro atoms. The van der Waals surface area contributed by atoms with Crippen LogP contribution in [-0.4, -0.2) is 62.9 Å². The summed E-state index contributed by atoms with van der Waals surface area (Å²) in [7, 11) is 1.97. The average Bonchev–Trinajstić information content (AvgIpc) is 3.37. The molecule has 1 fully saturated rings. The number of nitrogens with zero attached hydrogens (tertiary/aromatic N) is 4. The van der Waals surface area contributed by atoms with Gasteiger partial charge < -0.3 is 19.1 Å². The smallest absolute Gasteiger partial charge is 0.307 e. The summed E-state index contributed by atoms with van der Waals surface area (Å²) in [6.07, 6.45) is 4.14. The minimum atomic E-state index is -0.959. The van der Waals surface area contributed by atoms with Gasteiger partial charge in [-0.3, -0.25) is 14.7 Å². The summed E-state index contributed by atoms with van der Waals surface area (Å²) in [6, 6.07) is 14.8. The van der Waals surface area contributed by atoms with Crippen LogP contribution in [0.1, 0.15) is 39.9 Å². The summed E-state index contributed by atoms with van der Waals surface area (Å²) in [5, 5.41) is 10.7. The number of aliphatic carboxylic acids is 1. The second kappa shape index (κ2) is 11.6. The Kier molecular flexibility index (Phi) is 7.33. The molecule has 0 saturated carbocycles. The molecule has 6 heterocycles.